The van der Waals surface area contributed by atoms with Gasteiger partial charge >= 0.3 is 7.60 Å². The predicted molar refractivity (Wildman–Crippen MR) is 81.3 cm³/mol. The lowest BCUT2D eigenvalue weighted by Crippen LogP contribution is -2.32. The largest absolute Gasteiger partial charge is 0.370 e. The van der Waals surface area contributed by atoms with Crippen LogP contribution in [0.15, 0.2) is 0 Å². The summed E-state index contributed by atoms with van der Waals surface area (Å²) in [6, 6.07) is 0. The van der Waals surface area contributed by atoms with Crippen molar-refractivity contribution in [1.29, 1.82) is 0 Å². The Morgan fingerprint density at radius 2 is 1.65 bits per heavy atom. The third kappa shape index (κ3) is 8.01. The standard InChI is InChI=1S/C9H23NO6P2.C2H6/c1-3-4-5-7-10(2)8-6-9(11,17(12)13)18(14,15)16;1-2/h11-13H,3-8H2,1-2H3,(H2,14,15,16);1-2H3. The van der Waals surface area contributed by atoms with Crippen molar-refractivity contribution < 1.29 is 29.2 Å². The van der Waals surface area contributed by atoms with E-state index in [4.69, 9.17) is 19.6 Å². The van der Waals surface area contributed by atoms with Gasteiger partial charge in [-0.15, -0.1) is 0 Å². The van der Waals surface area contributed by atoms with Crippen molar-refractivity contribution >= 4 is 16.0 Å². The van der Waals surface area contributed by atoms with Gasteiger partial charge in [-0.1, -0.05) is 33.6 Å². The third-order valence-electron chi connectivity index (χ3n) is 2.76. The molecule has 0 amide bonds. The van der Waals surface area contributed by atoms with E-state index in [1.807, 2.05) is 13.8 Å². The van der Waals surface area contributed by atoms with Crippen LogP contribution in [0.3, 0.4) is 0 Å². The first-order valence-electron chi connectivity index (χ1n) is 6.79. The van der Waals surface area contributed by atoms with Crippen LogP contribution >= 0.6 is 16.0 Å². The summed E-state index contributed by atoms with van der Waals surface area (Å²) >= 11 is 0. The molecule has 0 saturated carbocycles. The van der Waals surface area contributed by atoms with Crippen LogP contribution in [0.25, 0.3) is 0 Å². The molecule has 0 aliphatic carbocycles. The van der Waals surface area contributed by atoms with Gasteiger partial charge in [0.2, 0.25) is 13.5 Å². The SMILES string of the molecule is CC.CCCCCN(C)CCC(O)(P(O)O)P(=O)(O)O. The van der Waals surface area contributed by atoms with E-state index in [1.165, 1.54) is 0 Å². The minimum Gasteiger partial charge on any atom is -0.370 e. The zero-order chi connectivity index (χ0) is 16.4. The topological polar surface area (TPSA) is 121 Å². The summed E-state index contributed by atoms with van der Waals surface area (Å²) < 4.78 is 11.1. The smallest absolute Gasteiger partial charge is 0.366 e. The summed E-state index contributed by atoms with van der Waals surface area (Å²) in [5, 5.41) is 6.95. The number of nitrogens with zero attached hydrogens (tertiary/aromatic N) is 1. The number of aliphatic hydroxyl groups is 1. The summed E-state index contributed by atoms with van der Waals surface area (Å²) in [4.78, 5) is 37.7. The van der Waals surface area contributed by atoms with E-state index >= 15 is 0 Å². The van der Waals surface area contributed by atoms with Crippen molar-refractivity contribution in [2.75, 3.05) is 20.1 Å². The van der Waals surface area contributed by atoms with E-state index < -0.39 is 21.1 Å². The lowest BCUT2D eigenvalue weighted by atomic mass is 10.2. The van der Waals surface area contributed by atoms with Crippen molar-refractivity contribution in [1.82, 2.24) is 4.90 Å². The molecule has 0 aliphatic heterocycles. The molecule has 0 aliphatic rings. The molecule has 0 fully saturated rings. The maximum atomic E-state index is 11.1. The zero-order valence-electron chi connectivity index (χ0n) is 12.7. The van der Waals surface area contributed by atoms with Gasteiger partial charge in [0, 0.05) is 13.0 Å². The molecule has 1 unspecified atom stereocenters. The fourth-order valence-electron chi connectivity index (χ4n) is 1.45. The van der Waals surface area contributed by atoms with Crippen LogP contribution in [0.5, 0.6) is 0 Å². The van der Waals surface area contributed by atoms with E-state index in [1.54, 1.807) is 11.9 Å². The molecule has 124 valence electrons. The lowest BCUT2D eigenvalue weighted by Gasteiger charge is -2.30. The van der Waals surface area contributed by atoms with Crippen LogP contribution in [0.1, 0.15) is 46.5 Å². The van der Waals surface area contributed by atoms with Crippen LogP contribution in [-0.4, -0.2) is 54.8 Å². The maximum absolute atomic E-state index is 11.1. The van der Waals surface area contributed by atoms with Crippen molar-refractivity contribution in [3.8, 4) is 0 Å². The molecule has 1 atom stereocenters. The lowest BCUT2D eigenvalue weighted by molar-refractivity contribution is 0.126. The van der Waals surface area contributed by atoms with Crippen molar-refractivity contribution in [3.63, 3.8) is 0 Å². The summed E-state index contributed by atoms with van der Waals surface area (Å²) in [5.41, 5.74) is 0. The highest BCUT2D eigenvalue weighted by Crippen LogP contribution is 2.64. The first-order valence-corrected chi connectivity index (χ1v) is 9.65. The van der Waals surface area contributed by atoms with E-state index in [-0.39, 0.29) is 13.0 Å². The van der Waals surface area contributed by atoms with Crippen molar-refractivity contribution in [2.45, 2.75) is 51.5 Å². The quantitative estimate of drug-likeness (QED) is 0.321. The number of hydrogen-bond donors (Lipinski definition) is 5. The molecule has 0 radical (unpaired) electrons. The monoisotopic (exact) mass is 333 g/mol. The van der Waals surface area contributed by atoms with E-state index in [9.17, 15) is 9.67 Å². The fraction of sp³-hybridized carbons (Fsp3) is 1.00. The Kier molecular flexibility index (Phi) is 12.5. The molecule has 0 aromatic rings. The van der Waals surface area contributed by atoms with Gasteiger partial charge in [-0.25, -0.2) is 0 Å². The third-order valence-corrected chi connectivity index (χ3v) is 6.10. The minimum absolute atomic E-state index is 0.186. The van der Waals surface area contributed by atoms with Gasteiger partial charge in [-0.3, -0.25) is 4.57 Å². The second-order valence-electron chi connectivity index (χ2n) is 4.37. The first kappa shape index (κ1) is 22.7. The Balaban J connectivity index is 0. The molecule has 0 saturated heterocycles. The summed E-state index contributed by atoms with van der Waals surface area (Å²) in [6.07, 6.45) is 2.70. The van der Waals surface area contributed by atoms with Gasteiger partial charge in [-0.2, -0.15) is 0 Å². The highest BCUT2D eigenvalue weighted by Gasteiger charge is 2.51. The Morgan fingerprint density at radius 3 is 2.00 bits per heavy atom. The predicted octanol–water partition coefficient (Wildman–Crippen LogP) is 1.65. The van der Waals surface area contributed by atoms with E-state index in [0.29, 0.717) is 0 Å². The van der Waals surface area contributed by atoms with Crippen LogP contribution in [0.4, 0.5) is 0 Å². The average Bonchev–Trinajstić information content (AvgIpc) is 2.37. The molecule has 0 bridgehead atoms. The molecule has 0 spiro atoms. The molecule has 9 heteroatoms. The number of unbranched alkanes of at least 4 members (excludes halogenated alkanes) is 2. The number of rotatable bonds is 9. The maximum Gasteiger partial charge on any atom is 0.366 e. The molecule has 0 rings (SSSR count). The molecular weight excluding hydrogens is 304 g/mol. The Hall–Kier alpha value is 0.420. The van der Waals surface area contributed by atoms with Gasteiger partial charge in [0.15, 0.2) is 0 Å². The zero-order valence-corrected chi connectivity index (χ0v) is 14.5. The van der Waals surface area contributed by atoms with Gasteiger partial charge in [-0.05, 0) is 20.0 Å². The van der Waals surface area contributed by atoms with Crippen LogP contribution in [0.2, 0.25) is 0 Å². The molecule has 0 aromatic heterocycles. The highest BCUT2D eigenvalue weighted by atomic mass is 31.2. The van der Waals surface area contributed by atoms with Crippen molar-refractivity contribution in [2.24, 2.45) is 0 Å². The molecule has 20 heavy (non-hydrogen) atoms. The van der Waals surface area contributed by atoms with Crippen LogP contribution < -0.4 is 0 Å². The van der Waals surface area contributed by atoms with Gasteiger partial charge in [0.1, 0.15) is 0 Å². The number of hydrogen-bond acceptors (Lipinski definition) is 5. The van der Waals surface area contributed by atoms with Crippen molar-refractivity contribution in [3.05, 3.63) is 0 Å². The second-order valence-corrected chi connectivity index (χ2v) is 7.87. The van der Waals surface area contributed by atoms with Crippen LogP contribution in [0, 0.1) is 0 Å². The highest BCUT2D eigenvalue weighted by molar-refractivity contribution is 7.69. The summed E-state index contributed by atoms with van der Waals surface area (Å²) in [6.45, 7) is 6.99. The Bertz CT molecular complexity index is 286. The van der Waals surface area contributed by atoms with Crippen LogP contribution in [-0.2, 0) is 4.57 Å². The fourth-order valence-corrected chi connectivity index (χ4v) is 3.07. The summed E-state index contributed by atoms with van der Waals surface area (Å²) in [5.74, 6) is 0. The molecular formula is C11H29NO6P2. The van der Waals surface area contributed by atoms with Gasteiger partial charge < -0.3 is 29.6 Å². The van der Waals surface area contributed by atoms with E-state index in [0.717, 1.165) is 25.8 Å². The first-order chi connectivity index (χ1) is 9.15. The molecule has 0 heterocycles. The van der Waals surface area contributed by atoms with Gasteiger partial charge in [0.05, 0.1) is 0 Å². The Morgan fingerprint density at radius 1 is 1.15 bits per heavy atom. The Labute approximate surface area is 122 Å². The summed E-state index contributed by atoms with van der Waals surface area (Å²) in [7, 11) is -6.33. The molecule has 0 aromatic carbocycles. The minimum atomic E-state index is -4.97. The molecule has 7 nitrogen and oxygen atoms in total. The second kappa shape index (κ2) is 11.0. The normalized spacial score (nSPS) is 14.9. The van der Waals surface area contributed by atoms with E-state index in [2.05, 4.69) is 6.92 Å². The van der Waals surface area contributed by atoms with Gasteiger partial charge in [0.25, 0.3) is 0 Å². The molecule has 5 N–H and O–H groups in total. The average molecular weight is 333 g/mol.